The van der Waals surface area contributed by atoms with E-state index in [0.29, 0.717) is 11.4 Å². The highest BCUT2D eigenvalue weighted by Gasteiger charge is 2.39. The Labute approximate surface area is 182 Å². The highest BCUT2D eigenvalue weighted by Crippen LogP contribution is 2.34. The van der Waals surface area contributed by atoms with Gasteiger partial charge in [-0.3, -0.25) is 9.69 Å². The van der Waals surface area contributed by atoms with Crippen LogP contribution in [0, 0.1) is 12.7 Å². The molecule has 0 atom stereocenters. The number of carbonyl (C=O) groups is 1. The lowest BCUT2D eigenvalue weighted by Crippen LogP contribution is -2.61. The number of nitrogens with one attached hydrogen (secondary N) is 1. The summed E-state index contributed by atoms with van der Waals surface area (Å²) >= 11 is 1.38. The predicted molar refractivity (Wildman–Crippen MR) is 119 cm³/mol. The minimum absolute atomic E-state index is 0.0440. The van der Waals surface area contributed by atoms with E-state index in [2.05, 4.69) is 27.1 Å². The second kappa shape index (κ2) is 9.12. The van der Waals surface area contributed by atoms with Gasteiger partial charge in [0.15, 0.2) is 0 Å². The molecule has 1 saturated heterocycles. The van der Waals surface area contributed by atoms with Crippen LogP contribution in [0.3, 0.4) is 0 Å². The quantitative estimate of drug-likeness (QED) is 0.781. The van der Waals surface area contributed by atoms with Gasteiger partial charge in [-0.25, -0.2) is 9.37 Å². The molecule has 1 aromatic carbocycles. The molecule has 1 N–H and O–H groups in total. The molecule has 0 spiro atoms. The molecule has 1 aromatic heterocycles. The van der Waals surface area contributed by atoms with Crippen molar-refractivity contribution in [2.75, 3.05) is 39.8 Å². The molecule has 0 bridgehead atoms. The maximum absolute atomic E-state index is 13.2. The van der Waals surface area contributed by atoms with Crippen LogP contribution in [0.25, 0.3) is 10.6 Å². The number of hydrogen-bond acceptors (Lipinski definition) is 5. The van der Waals surface area contributed by atoms with Crippen molar-refractivity contribution < 1.29 is 9.18 Å². The number of carbonyl (C=O) groups excluding carboxylic acids is 1. The monoisotopic (exact) mass is 430 g/mol. The summed E-state index contributed by atoms with van der Waals surface area (Å²) in [5.41, 5.74) is 1.65. The number of benzene rings is 1. The lowest BCUT2D eigenvalue weighted by Gasteiger charge is -2.49. The Morgan fingerprint density at radius 1 is 1.13 bits per heavy atom. The van der Waals surface area contributed by atoms with Crippen LogP contribution in [0.4, 0.5) is 4.39 Å². The van der Waals surface area contributed by atoms with Crippen molar-refractivity contribution in [2.24, 2.45) is 0 Å². The topological polar surface area (TPSA) is 48.5 Å². The molecule has 1 saturated carbocycles. The highest BCUT2D eigenvalue weighted by molar-refractivity contribution is 7.17. The molecule has 0 unspecified atom stereocenters. The third-order valence-corrected chi connectivity index (χ3v) is 7.84. The SMILES string of the molecule is Cc1nc(-c2ccc(F)cc2)sc1C(=O)NCC1(N2CCN(C)CC2)CCCCC1. The molecule has 1 amide bonds. The molecule has 5 nitrogen and oxygen atoms in total. The number of piperazine rings is 1. The number of amides is 1. The van der Waals surface area contributed by atoms with Gasteiger partial charge in [0.05, 0.1) is 5.69 Å². The van der Waals surface area contributed by atoms with Gasteiger partial charge in [0.2, 0.25) is 0 Å². The Morgan fingerprint density at radius 2 is 1.80 bits per heavy atom. The van der Waals surface area contributed by atoms with E-state index >= 15 is 0 Å². The van der Waals surface area contributed by atoms with E-state index in [-0.39, 0.29) is 17.3 Å². The summed E-state index contributed by atoms with van der Waals surface area (Å²) < 4.78 is 13.2. The van der Waals surface area contributed by atoms with Crippen molar-refractivity contribution in [3.63, 3.8) is 0 Å². The van der Waals surface area contributed by atoms with Crippen molar-refractivity contribution in [3.8, 4) is 10.6 Å². The Hall–Kier alpha value is -1.83. The van der Waals surface area contributed by atoms with Gasteiger partial charge in [-0.05, 0) is 51.1 Å². The number of aromatic nitrogens is 1. The molecular weight excluding hydrogens is 399 g/mol. The first kappa shape index (κ1) is 21.4. The van der Waals surface area contributed by atoms with E-state index < -0.39 is 0 Å². The first-order chi connectivity index (χ1) is 14.5. The molecular formula is C23H31FN4OS. The normalized spacial score (nSPS) is 20.2. The zero-order valence-electron chi connectivity index (χ0n) is 17.9. The summed E-state index contributed by atoms with van der Waals surface area (Å²) in [7, 11) is 2.18. The van der Waals surface area contributed by atoms with Crippen LogP contribution in [0.1, 0.15) is 47.5 Å². The molecule has 162 valence electrons. The van der Waals surface area contributed by atoms with E-state index in [1.165, 1.54) is 42.7 Å². The van der Waals surface area contributed by atoms with E-state index in [1.807, 2.05) is 6.92 Å². The van der Waals surface area contributed by atoms with Crippen LogP contribution in [-0.2, 0) is 0 Å². The number of aryl methyl sites for hydroxylation is 1. The standard InChI is InChI=1S/C23H31FN4OS/c1-17-20(30-22(26-17)18-6-8-19(24)9-7-18)21(29)25-16-23(10-4-3-5-11-23)28-14-12-27(2)13-15-28/h6-9H,3-5,10-16H2,1-2H3,(H,25,29). The van der Waals surface area contributed by atoms with Crippen LogP contribution < -0.4 is 5.32 Å². The molecule has 1 aliphatic carbocycles. The van der Waals surface area contributed by atoms with Gasteiger partial charge >= 0.3 is 0 Å². The van der Waals surface area contributed by atoms with Crippen molar-refractivity contribution in [2.45, 2.75) is 44.6 Å². The molecule has 7 heteroatoms. The fraction of sp³-hybridized carbons (Fsp3) is 0.565. The zero-order valence-corrected chi connectivity index (χ0v) is 18.7. The van der Waals surface area contributed by atoms with E-state index in [0.717, 1.165) is 55.3 Å². The average molecular weight is 431 g/mol. The molecule has 4 rings (SSSR count). The Balaban J connectivity index is 1.46. The van der Waals surface area contributed by atoms with Gasteiger partial charge in [0, 0.05) is 43.8 Å². The molecule has 30 heavy (non-hydrogen) atoms. The first-order valence-corrected chi connectivity index (χ1v) is 11.7. The second-order valence-corrected chi connectivity index (χ2v) is 9.70. The van der Waals surface area contributed by atoms with Crippen molar-refractivity contribution >= 4 is 17.2 Å². The third kappa shape index (κ3) is 4.58. The van der Waals surface area contributed by atoms with Gasteiger partial charge in [-0.1, -0.05) is 19.3 Å². The maximum Gasteiger partial charge on any atom is 0.263 e. The highest BCUT2D eigenvalue weighted by atomic mass is 32.1. The number of rotatable bonds is 5. The number of hydrogen-bond donors (Lipinski definition) is 1. The van der Waals surface area contributed by atoms with Crippen molar-refractivity contribution in [3.05, 3.63) is 40.7 Å². The van der Waals surface area contributed by atoms with Crippen LogP contribution in [0.5, 0.6) is 0 Å². The van der Waals surface area contributed by atoms with Crippen LogP contribution in [0.15, 0.2) is 24.3 Å². The molecule has 2 heterocycles. The van der Waals surface area contributed by atoms with Gasteiger partial charge in [0.25, 0.3) is 5.91 Å². The largest absolute Gasteiger partial charge is 0.349 e. The van der Waals surface area contributed by atoms with Gasteiger partial charge in [0.1, 0.15) is 15.7 Å². The summed E-state index contributed by atoms with van der Waals surface area (Å²) in [5.74, 6) is -0.316. The maximum atomic E-state index is 13.2. The minimum Gasteiger partial charge on any atom is -0.349 e. The summed E-state index contributed by atoms with van der Waals surface area (Å²) in [4.78, 5) is 23.3. The van der Waals surface area contributed by atoms with Crippen molar-refractivity contribution in [1.29, 1.82) is 0 Å². The lowest BCUT2D eigenvalue weighted by molar-refractivity contribution is 0.0139. The summed E-state index contributed by atoms with van der Waals surface area (Å²) in [6, 6.07) is 6.27. The first-order valence-electron chi connectivity index (χ1n) is 10.9. The number of likely N-dealkylation sites (N-methyl/N-ethyl adjacent to an activating group) is 1. The molecule has 0 radical (unpaired) electrons. The van der Waals surface area contributed by atoms with E-state index in [1.54, 1.807) is 12.1 Å². The summed E-state index contributed by atoms with van der Waals surface area (Å²) in [6.45, 7) is 6.88. The fourth-order valence-corrected chi connectivity index (χ4v) is 5.73. The number of thiazole rings is 1. The zero-order chi connectivity index (χ0) is 21.1. The summed E-state index contributed by atoms with van der Waals surface area (Å²) in [5, 5.41) is 4.00. The Morgan fingerprint density at radius 3 is 2.47 bits per heavy atom. The van der Waals surface area contributed by atoms with Crippen LogP contribution in [-0.4, -0.2) is 66.0 Å². The minimum atomic E-state index is -0.272. The van der Waals surface area contributed by atoms with E-state index in [4.69, 9.17) is 0 Å². The number of halogens is 1. The van der Waals surface area contributed by atoms with Gasteiger partial charge < -0.3 is 10.2 Å². The fourth-order valence-electron chi connectivity index (χ4n) is 4.74. The Bertz CT molecular complexity index is 868. The number of nitrogens with zero attached hydrogens (tertiary/aromatic N) is 3. The van der Waals surface area contributed by atoms with Gasteiger partial charge in [-0.15, -0.1) is 11.3 Å². The van der Waals surface area contributed by atoms with Crippen LogP contribution in [0.2, 0.25) is 0 Å². The predicted octanol–water partition coefficient (Wildman–Crippen LogP) is 3.94. The van der Waals surface area contributed by atoms with Crippen molar-refractivity contribution in [1.82, 2.24) is 20.1 Å². The average Bonchev–Trinajstić information content (AvgIpc) is 3.15. The van der Waals surface area contributed by atoms with Crippen LogP contribution >= 0.6 is 11.3 Å². The lowest BCUT2D eigenvalue weighted by atomic mass is 9.79. The smallest absolute Gasteiger partial charge is 0.263 e. The molecule has 1 aliphatic heterocycles. The Kier molecular flexibility index (Phi) is 6.51. The molecule has 2 fully saturated rings. The third-order valence-electron chi connectivity index (χ3n) is 6.63. The molecule has 2 aromatic rings. The van der Waals surface area contributed by atoms with Gasteiger partial charge in [-0.2, -0.15) is 0 Å². The summed E-state index contributed by atoms with van der Waals surface area (Å²) in [6.07, 6.45) is 6.06. The second-order valence-electron chi connectivity index (χ2n) is 8.70. The molecule has 2 aliphatic rings. The van der Waals surface area contributed by atoms with E-state index in [9.17, 15) is 9.18 Å².